The summed E-state index contributed by atoms with van der Waals surface area (Å²) in [7, 11) is 0. The van der Waals surface area contributed by atoms with Crippen molar-refractivity contribution in [2.75, 3.05) is 29.9 Å². The van der Waals surface area contributed by atoms with Gasteiger partial charge in [0.15, 0.2) is 0 Å². The van der Waals surface area contributed by atoms with Gasteiger partial charge in [0, 0.05) is 48.2 Å². The second-order valence-electron chi connectivity index (χ2n) is 12.1. The van der Waals surface area contributed by atoms with Gasteiger partial charge in [-0.05, 0) is 68.5 Å². The van der Waals surface area contributed by atoms with Gasteiger partial charge in [-0.25, -0.2) is 4.79 Å². The molecule has 2 fully saturated rings. The second-order valence-corrected chi connectivity index (χ2v) is 12.1. The molecule has 0 spiro atoms. The summed E-state index contributed by atoms with van der Waals surface area (Å²) in [6, 6.07) is 24.0. The predicted molar refractivity (Wildman–Crippen MR) is 178 cm³/mol. The van der Waals surface area contributed by atoms with E-state index in [1.165, 1.54) is 6.42 Å². The Balaban J connectivity index is 1.36. The maximum absolute atomic E-state index is 13.9. The van der Waals surface area contributed by atoms with E-state index in [4.69, 9.17) is 0 Å². The van der Waals surface area contributed by atoms with Crippen molar-refractivity contribution in [2.45, 2.75) is 76.5 Å². The SMILES string of the molecule is CCN(CC(O)C(Cc1ccccc1)NC(=O)c1cc(Nc2ccccc2)cc(N2CCCC2=O)c1)C(=O)NC1CCCCC1. The molecule has 2 unspecified atom stereocenters. The van der Waals surface area contributed by atoms with E-state index in [2.05, 4.69) is 16.0 Å². The number of urea groups is 1. The van der Waals surface area contributed by atoms with E-state index >= 15 is 0 Å². The first-order valence-electron chi connectivity index (χ1n) is 16.3. The minimum Gasteiger partial charge on any atom is -0.389 e. The summed E-state index contributed by atoms with van der Waals surface area (Å²) in [5.41, 5.74) is 3.52. The molecule has 5 rings (SSSR count). The molecule has 9 heteroatoms. The summed E-state index contributed by atoms with van der Waals surface area (Å²) in [6.45, 7) is 3.00. The predicted octanol–water partition coefficient (Wildman–Crippen LogP) is 5.62. The third-order valence-electron chi connectivity index (χ3n) is 8.72. The molecule has 1 heterocycles. The summed E-state index contributed by atoms with van der Waals surface area (Å²) < 4.78 is 0. The first-order chi connectivity index (χ1) is 21.9. The van der Waals surface area contributed by atoms with E-state index in [1.807, 2.05) is 73.7 Å². The lowest BCUT2D eigenvalue weighted by atomic mass is 9.96. The number of amides is 4. The minimum atomic E-state index is -1.02. The van der Waals surface area contributed by atoms with Crippen LogP contribution in [0.3, 0.4) is 0 Å². The maximum atomic E-state index is 13.9. The van der Waals surface area contributed by atoms with Gasteiger partial charge in [0.05, 0.1) is 18.7 Å². The van der Waals surface area contributed by atoms with Crippen LogP contribution in [0.25, 0.3) is 0 Å². The summed E-state index contributed by atoms with van der Waals surface area (Å²) in [5, 5.41) is 21.1. The van der Waals surface area contributed by atoms with Crippen LogP contribution in [0.2, 0.25) is 0 Å². The summed E-state index contributed by atoms with van der Waals surface area (Å²) >= 11 is 0. The molecular weight excluding hydrogens is 566 g/mol. The van der Waals surface area contributed by atoms with Gasteiger partial charge in [-0.2, -0.15) is 0 Å². The van der Waals surface area contributed by atoms with Gasteiger partial charge < -0.3 is 30.9 Å². The van der Waals surface area contributed by atoms with Crippen LogP contribution in [0.4, 0.5) is 21.9 Å². The lowest BCUT2D eigenvalue weighted by Crippen LogP contribution is -2.53. The molecule has 9 nitrogen and oxygen atoms in total. The molecule has 45 heavy (non-hydrogen) atoms. The Kier molecular flexibility index (Phi) is 11.1. The highest BCUT2D eigenvalue weighted by Gasteiger charge is 2.28. The summed E-state index contributed by atoms with van der Waals surface area (Å²) in [4.78, 5) is 43.0. The lowest BCUT2D eigenvalue weighted by Gasteiger charge is -2.32. The monoisotopic (exact) mass is 611 g/mol. The quantitative estimate of drug-likeness (QED) is 0.212. The third-order valence-corrected chi connectivity index (χ3v) is 8.72. The molecule has 4 N–H and O–H groups in total. The van der Waals surface area contributed by atoms with E-state index in [0.29, 0.717) is 42.9 Å². The van der Waals surface area contributed by atoms with Gasteiger partial charge in [-0.3, -0.25) is 9.59 Å². The third kappa shape index (κ3) is 8.85. The van der Waals surface area contributed by atoms with Crippen LogP contribution >= 0.6 is 0 Å². The highest BCUT2D eigenvalue weighted by Crippen LogP contribution is 2.28. The number of rotatable bonds is 12. The van der Waals surface area contributed by atoms with E-state index < -0.39 is 12.1 Å². The number of anilines is 3. The van der Waals surface area contributed by atoms with E-state index in [-0.39, 0.29) is 30.4 Å². The molecule has 0 bridgehead atoms. The van der Waals surface area contributed by atoms with Crippen LogP contribution in [0.15, 0.2) is 78.9 Å². The number of hydrogen-bond donors (Lipinski definition) is 4. The van der Waals surface area contributed by atoms with Gasteiger partial charge in [0.25, 0.3) is 5.91 Å². The van der Waals surface area contributed by atoms with Crippen molar-refractivity contribution >= 4 is 34.9 Å². The largest absolute Gasteiger partial charge is 0.389 e. The zero-order valence-corrected chi connectivity index (χ0v) is 26.1. The van der Waals surface area contributed by atoms with Crippen LogP contribution in [0, 0.1) is 0 Å². The van der Waals surface area contributed by atoms with Gasteiger partial charge in [-0.1, -0.05) is 67.8 Å². The standard InChI is InChI=1S/C36H45N5O4/c1-2-40(36(45)38-29-17-10-5-11-18-29)25-33(42)32(21-26-13-6-3-7-14-26)39-35(44)27-22-30(37-28-15-8-4-9-16-28)24-31(23-27)41-20-12-19-34(41)43/h3-4,6-9,13-16,22-24,29,32-33,37,42H,2,5,10-12,17-21,25H2,1H3,(H,38,45)(H,39,44). The van der Waals surface area contributed by atoms with Gasteiger partial charge in [0.2, 0.25) is 5.91 Å². The lowest BCUT2D eigenvalue weighted by molar-refractivity contribution is -0.117. The Labute approximate surface area is 266 Å². The molecule has 1 aliphatic heterocycles. The van der Waals surface area contributed by atoms with Crippen molar-refractivity contribution in [2.24, 2.45) is 0 Å². The zero-order valence-electron chi connectivity index (χ0n) is 26.1. The van der Waals surface area contributed by atoms with Gasteiger partial charge in [0.1, 0.15) is 0 Å². The van der Waals surface area contributed by atoms with Crippen LogP contribution in [0.1, 0.15) is 67.8 Å². The Morgan fingerprint density at radius 1 is 0.933 bits per heavy atom. The number of benzene rings is 3. The van der Waals surface area contributed by atoms with Crippen LogP contribution in [0.5, 0.6) is 0 Å². The van der Waals surface area contributed by atoms with Crippen molar-refractivity contribution in [1.82, 2.24) is 15.5 Å². The first kappa shape index (κ1) is 32.0. The maximum Gasteiger partial charge on any atom is 0.317 e. The highest BCUT2D eigenvalue weighted by molar-refractivity contribution is 6.00. The van der Waals surface area contributed by atoms with Crippen molar-refractivity contribution in [3.05, 3.63) is 90.0 Å². The molecule has 4 amide bonds. The second kappa shape index (κ2) is 15.6. The van der Waals surface area contributed by atoms with E-state index in [1.54, 1.807) is 21.9 Å². The smallest absolute Gasteiger partial charge is 0.317 e. The Hall–Kier alpha value is -4.37. The fourth-order valence-corrected chi connectivity index (χ4v) is 6.20. The number of nitrogens with one attached hydrogen (secondary N) is 3. The average Bonchev–Trinajstić information content (AvgIpc) is 3.50. The molecule has 2 atom stereocenters. The molecule has 0 aromatic heterocycles. The van der Waals surface area contributed by atoms with Gasteiger partial charge in [-0.15, -0.1) is 0 Å². The summed E-state index contributed by atoms with van der Waals surface area (Å²) in [6.07, 6.45) is 5.98. The Morgan fingerprint density at radius 2 is 1.64 bits per heavy atom. The van der Waals surface area contributed by atoms with E-state index in [0.717, 1.165) is 43.4 Å². The van der Waals surface area contributed by atoms with Crippen LogP contribution < -0.4 is 20.9 Å². The molecule has 1 aliphatic carbocycles. The van der Waals surface area contributed by atoms with Crippen molar-refractivity contribution in [3.8, 4) is 0 Å². The number of nitrogens with zero attached hydrogens (tertiary/aromatic N) is 2. The first-order valence-corrected chi connectivity index (χ1v) is 16.3. The van der Waals surface area contributed by atoms with Crippen molar-refractivity contribution < 1.29 is 19.5 Å². The molecular formula is C36H45N5O4. The molecule has 238 valence electrons. The van der Waals surface area contributed by atoms with Gasteiger partial charge >= 0.3 is 6.03 Å². The zero-order chi connectivity index (χ0) is 31.6. The number of aliphatic hydroxyl groups is 1. The number of carbonyl (C=O) groups is 3. The minimum absolute atomic E-state index is 0.0294. The number of hydrogen-bond acceptors (Lipinski definition) is 5. The molecule has 3 aromatic carbocycles. The van der Waals surface area contributed by atoms with Crippen LogP contribution in [-0.2, 0) is 11.2 Å². The number of aliphatic hydroxyl groups excluding tert-OH is 1. The molecule has 0 radical (unpaired) electrons. The average molecular weight is 612 g/mol. The molecule has 2 aliphatic rings. The van der Waals surface area contributed by atoms with Crippen molar-refractivity contribution in [3.63, 3.8) is 0 Å². The van der Waals surface area contributed by atoms with Crippen molar-refractivity contribution in [1.29, 1.82) is 0 Å². The fraction of sp³-hybridized carbons (Fsp3) is 0.417. The molecule has 1 saturated heterocycles. The number of para-hydroxylation sites is 1. The molecule has 1 saturated carbocycles. The Bertz CT molecular complexity index is 1430. The van der Waals surface area contributed by atoms with E-state index in [9.17, 15) is 19.5 Å². The number of carbonyl (C=O) groups excluding carboxylic acids is 3. The normalized spacial score (nSPS) is 16.6. The summed E-state index contributed by atoms with van der Waals surface area (Å²) in [5.74, 6) is -0.337. The number of likely N-dealkylation sites (N-methyl/N-ethyl adjacent to an activating group) is 1. The Morgan fingerprint density at radius 3 is 2.31 bits per heavy atom. The highest BCUT2D eigenvalue weighted by atomic mass is 16.3. The molecule has 3 aromatic rings. The fourth-order valence-electron chi connectivity index (χ4n) is 6.20. The topological polar surface area (TPSA) is 114 Å². The van der Waals surface area contributed by atoms with Crippen LogP contribution in [-0.4, -0.2) is 65.7 Å².